The van der Waals surface area contributed by atoms with Gasteiger partial charge in [0.1, 0.15) is 17.6 Å². The molecule has 0 amide bonds. The summed E-state index contributed by atoms with van der Waals surface area (Å²) in [5.74, 6) is 0.463. The van der Waals surface area contributed by atoms with Crippen LogP contribution in [0, 0.1) is 0 Å². The van der Waals surface area contributed by atoms with Crippen LogP contribution in [0.15, 0.2) is 12.4 Å². The highest BCUT2D eigenvalue weighted by Crippen LogP contribution is 2.12. The molecule has 0 radical (unpaired) electrons. The molecule has 0 fully saturated rings. The molecule has 0 aliphatic rings. The molecule has 1 rings (SSSR count). The lowest BCUT2D eigenvalue weighted by molar-refractivity contribution is 0.0889. The Morgan fingerprint density at radius 3 is 2.92 bits per heavy atom. The number of halogens is 1. The summed E-state index contributed by atoms with van der Waals surface area (Å²) >= 11 is 5.64. The average molecular weight is 203 g/mol. The molecule has 72 valence electrons. The van der Waals surface area contributed by atoms with Gasteiger partial charge in [0.15, 0.2) is 0 Å². The molecule has 13 heavy (non-hydrogen) atoms. The molecule has 1 aromatic rings. The number of rotatable bonds is 4. The summed E-state index contributed by atoms with van der Waals surface area (Å²) < 4.78 is 10.3. The minimum Gasteiger partial charge on any atom is -0.472 e. The fraction of sp³-hybridized carbons (Fsp3) is 0.500. The Bertz CT molecular complexity index is 270. The predicted octanol–water partition coefficient (Wildman–Crippen LogP) is 1.54. The number of aromatic nitrogens is 2. The first-order valence-electron chi connectivity index (χ1n) is 3.85. The molecular formula is C8H11ClN2O2. The van der Waals surface area contributed by atoms with E-state index in [0.717, 1.165) is 0 Å². The van der Waals surface area contributed by atoms with Gasteiger partial charge in [-0.15, -0.1) is 0 Å². The van der Waals surface area contributed by atoms with Crippen molar-refractivity contribution in [1.29, 1.82) is 0 Å². The summed E-state index contributed by atoms with van der Waals surface area (Å²) in [6, 6.07) is 1.56. The monoisotopic (exact) mass is 202 g/mol. The van der Waals surface area contributed by atoms with E-state index in [1.54, 1.807) is 13.2 Å². The van der Waals surface area contributed by atoms with Crippen molar-refractivity contribution in [3.05, 3.63) is 17.5 Å². The summed E-state index contributed by atoms with van der Waals surface area (Å²) in [7, 11) is 1.62. The van der Waals surface area contributed by atoms with Gasteiger partial charge in [0, 0.05) is 13.2 Å². The molecule has 0 saturated heterocycles. The van der Waals surface area contributed by atoms with Crippen molar-refractivity contribution in [1.82, 2.24) is 9.97 Å². The van der Waals surface area contributed by atoms with Gasteiger partial charge in [-0.05, 0) is 6.92 Å². The zero-order valence-electron chi connectivity index (χ0n) is 7.53. The Hall–Kier alpha value is -0.870. The van der Waals surface area contributed by atoms with Crippen LogP contribution in [0.5, 0.6) is 5.88 Å². The van der Waals surface area contributed by atoms with Gasteiger partial charge in [0.05, 0.1) is 6.61 Å². The van der Waals surface area contributed by atoms with Crippen molar-refractivity contribution >= 4 is 11.6 Å². The minimum atomic E-state index is -0.0454. The van der Waals surface area contributed by atoms with Crippen LogP contribution in [0.25, 0.3) is 0 Å². The van der Waals surface area contributed by atoms with Crippen molar-refractivity contribution in [2.75, 3.05) is 13.7 Å². The SMILES string of the molecule is COCC(C)Oc1cc(Cl)ncn1. The van der Waals surface area contributed by atoms with Crippen molar-refractivity contribution < 1.29 is 9.47 Å². The lowest BCUT2D eigenvalue weighted by Gasteiger charge is -2.11. The van der Waals surface area contributed by atoms with Gasteiger partial charge in [0.25, 0.3) is 0 Å². The van der Waals surface area contributed by atoms with Crippen LogP contribution in [0.4, 0.5) is 0 Å². The first kappa shape index (κ1) is 10.2. The number of hydrogen-bond donors (Lipinski definition) is 0. The van der Waals surface area contributed by atoms with Gasteiger partial charge >= 0.3 is 0 Å². The molecule has 1 unspecified atom stereocenters. The van der Waals surface area contributed by atoms with Gasteiger partial charge in [-0.2, -0.15) is 0 Å². The van der Waals surface area contributed by atoms with Crippen LogP contribution in [-0.4, -0.2) is 29.8 Å². The second-order valence-electron chi connectivity index (χ2n) is 2.56. The standard InChI is InChI=1S/C8H11ClN2O2/c1-6(4-12-2)13-8-3-7(9)10-5-11-8/h3,5-6H,4H2,1-2H3. The number of hydrogen-bond acceptors (Lipinski definition) is 4. The molecule has 4 nitrogen and oxygen atoms in total. The van der Waals surface area contributed by atoms with E-state index < -0.39 is 0 Å². The second kappa shape index (κ2) is 4.99. The average Bonchev–Trinajstić information content (AvgIpc) is 2.04. The molecule has 0 bridgehead atoms. The zero-order chi connectivity index (χ0) is 9.68. The van der Waals surface area contributed by atoms with E-state index in [0.29, 0.717) is 17.6 Å². The van der Waals surface area contributed by atoms with Crippen molar-refractivity contribution in [3.8, 4) is 5.88 Å². The summed E-state index contributed by atoms with van der Waals surface area (Å²) in [6.07, 6.45) is 1.31. The van der Waals surface area contributed by atoms with E-state index in [2.05, 4.69) is 9.97 Å². The Morgan fingerprint density at radius 1 is 1.54 bits per heavy atom. The molecule has 0 aromatic carbocycles. The maximum atomic E-state index is 5.64. The highest BCUT2D eigenvalue weighted by atomic mass is 35.5. The van der Waals surface area contributed by atoms with Crippen LogP contribution in [0.2, 0.25) is 5.15 Å². The number of ether oxygens (including phenoxy) is 2. The van der Waals surface area contributed by atoms with Crippen molar-refractivity contribution in [2.45, 2.75) is 13.0 Å². The van der Waals surface area contributed by atoms with Gasteiger partial charge < -0.3 is 9.47 Å². The Morgan fingerprint density at radius 2 is 2.31 bits per heavy atom. The summed E-state index contributed by atoms with van der Waals surface area (Å²) in [6.45, 7) is 2.40. The van der Waals surface area contributed by atoms with Crippen LogP contribution in [-0.2, 0) is 4.74 Å². The highest BCUT2D eigenvalue weighted by molar-refractivity contribution is 6.29. The maximum Gasteiger partial charge on any atom is 0.218 e. The number of methoxy groups -OCH3 is 1. The Kier molecular flexibility index (Phi) is 3.92. The predicted molar refractivity (Wildman–Crippen MR) is 49.0 cm³/mol. The van der Waals surface area contributed by atoms with Crippen LogP contribution < -0.4 is 4.74 Å². The first-order chi connectivity index (χ1) is 6.22. The fourth-order valence-electron chi connectivity index (χ4n) is 0.857. The van der Waals surface area contributed by atoms with E-state index in [1.165, 1.54) is 6.33 Å². The molecule has 0 aliphatic heterocycles. The van der Waals surface area contributed by atoms with Crippen molar-refractivity contribution in [2.24, 2.45) is 0 Å². The van der Waals surface area contributed by atoms with Gasteiger partial charge in [-0.3, -0.25) is 0 Å². The van der Waals surface area contributed by atoms with E-state index in [4.69, 9.17) is 21.1 Å². The molecule has 1 heterocycles. The molecule has 0 saturated carbocycles. The van der Waals surface area contributed by atoms with Crippen molar-refractivity contribution in [3.63, 3.8) is 0 Å². The lowest BCUT2D eigenvalue weighted by atomic mass is 10.4. The van der Waals surface area contributed by atoms with E-state index >= 15 is 0 Å². The van der Waals surface area contributed by atoms with Crippen LogP contribution in [0.1, 0.15) is 6.92 Å². The largest absolute Gasteiger partial charge is 0.472 e. The molecule has 5 heteroatoms. The highest BCUT2D eigenvalue weighted by Gasteiger charge is 2.04. The van der Waals surface area contributed by atoms with E-state index in [1.807, 2.05) is 6.92 Å². The van der Waals surface area contributed by atoms with Crippen LogP contribution >= 0.6 is 11.6 Å². The third-order valence-corrected chi connectivity index (χ3v) is 1.54. The molecule has 0 spiro atoms. The molecular weight excluding hydrogens is 192 g/mol. The molecule has 1 aromatic heterocycles. The van der Waals surface area contributed by atoms with Crippen LogP contribution in [0.3, 0.4) is 0 Å². The van der Waals surface area contributed by atoms with E-state index in [9.17, 15) is 0 Å². The maximum absolute atomic E-state index is 5.64. The molecule has 0 N–H and O–H groups in total. The normalized spacial score (nSPS) is 12.5. The fourth-order valence-corrected chi connectivity index (χ4v) is 0.994. The topological polar surface area (TPSA) is 44.2 Å². The Labute approximate surface area is 81.9 Å². The van der Waals surface area contributed by atoms with Gasteiger partial charge in [0.2, 0.25) is 5.88 Å². The van der Waals surface area contributed by atoms with Gasteiger partial charge in [-0.1, -0.05) is 11.6 Å². The summed E-state index contributed by atoms with van der Waals surface area (Å²) in [5, 5.41) is 0.370. The first-order valence-corrected chi connectivity index (χ1v) is 4.23. The molecule has 1 atom stereocenters. The minimum absolute atomic E-state index is 0.0454. The third-order valence-electron chi connectivity index (χ3n) is 1.33. The zero-order valence-corrected chi connectivity index (χ0v) is 8.28. The smallest absolute Gasteiger partial charge is 0.218 e. The summed E-state index contributed by atoms with van der Waals surface area (Å²) in [4.78, 5) is 7.62. The van der Waals surface area contributed by atoms with E-state index in [-0.39, 0.29) is 6.10 Å². The summed E-state index contributed by atoms with van der Waals surface area (Å²) in [5.41, 5.74) is 0. The van der Waals surface area contributed by atoms with Gasteiger partial charge in [-0.25, -0.2) is 9.97 Å². The third kappa shape index (κ3) is 3.57. The second-order valence-corrected chi connectivity index (χ2v) is 2.95. The molecule has 0 aliphatic carbocycles. The quantitative estimate of drug-likeness (QED) is 0.695. The number of nitrogens with zero attached hydrogens (tertiary/aromatic N) is 2. The lowest BCUT2D eigenvalue weighted by Crippen LogP contribution is -2.18. The Balaban J connectivity index is 2.53.